The normalized spacial score (nSPS) is 11.9. The number of ether oxygens (including phenoxy) is 3. The van der Waals surface area contributed by atoms with Gasteiger partial charge in [0.1, 0.15) is 13.2 Å². The monoisotopic (exact) mass is 751 g/mol. The van der Waals surface area contributed by atoms with Crippen molar-refractivity contribution in [2.45, 2.75) is 265 Å². The van der Waals surface area contributed by atoms with Gasteiger partial charge < -0.3 is 14.2 Å². The molecule has 0 N–H and O–H groups in total. The van der Waals surface area contributed by atoms with Gasteiger partial charge in [-0.2, -0.15) is 0 Å². The number of carbonyl (C=O) groups is 3. The van der Waals surface area contributed by atoms with E-state index in [1.807, 2.05) is 0 Å². The molecule has 0 aromatic heterocycles. The van der Waals surface area contributed by atoms with E-state index in [0.717, 1.165) is 63.7 Å². The summed E-state index contributed by atoms with van der Waals surface area (Å²) in [5.74, 6) is -0.0997. The van der Waals surface area contributed by atoms with Crippen LogP contribution in [0.1, 0.15) is 259 Å². The third-order valence-electron chi connectivity index (χ3n) is 10.5. The molecule has 0 amide bonds. The second kappa shape index (κ2) is 41.6. The fraction of sp³-hybridized carbons (Fsp3) is 0.936. The molecular weight excluding hydrogens is 661 g/mol. The van der Waals surface area contributed by atoms with Crippen molar-refractivity contribution in [2.24, 2.45) is 5.92 Å². The Bertz CT molecular complexity index is 796. The predicted octanol–water partition coefficient (Wildman–Crippen LogP) is 14.7. The van der Waals surface area contributed by atoms with Crippen molar-refractivity contribution in [3.05, 3.63) is 0 Å². The van der Waals surface area contributed by atoms with Crippen LogP contribution in [0.25, 0.3) is 0 Å². The molecule has 0 aliphatic rings. The third-order valence-corrected chi connectivity index (χ3v) is 10.5. The fourth-order valence-corrected chi connectivity index (χ4v) is 6.98. The van der Waals surface area contributed by atoms with E-state index in [0.29, 0.717) is 19.3 Å². The summed E-state index contributed by atoms with van der Waals surface area (Å²) in [5, 5.41) is 0. The minimum absolute atomic E-state index is 0.0647. The summed E-state index contributed by atoms with van der Waals surface area (Å²) in [6, 6.07) is 0. The van der Waals surface area contributed by atoms with Crippen LogP contribution in [0, 0.1) is 5.92 Å². The fourth-order valence-electron chi connectivity index (χ4n) is 6.98. The number of hydrogen-bond donors (Lipinski definition) is 0. The van der Waals surface area contributed by atoms with E-state index in [9.17, 15) is 14.4 Å². The number of hydrogen-bond acceptors (Lipinski definition) is 6. The molecule has 53 heavy (non-hydrogen) atoms. The second-order valence-corrected chi connectivity index (χ2v) is 16.5. The molecule has 6 heteroatoms. The van der Waals surface area contributed by atoms with Gasteiger partial charge in [-0.3, -0.25) is 14.4 Å². The average Bonchev–Trinajstić information content (AvgIpc) is 3.14. The van der Waals surface area contributed by atoms with Crippen LogP contribution in [0.15, 0.2) is 0 Å². The first-order valence-corrected chi connectivity index (χ1v) is 23.4. The van der Waals surface area contributed by atoms with E-state index in [4.69, 9.17) is 14.2 Å². The molecule has 0 aliphatic heterocycles. The summed E-state index contributed by atoms with van der Waals surface area (Å²) in [5.41, 5.74) is 0. The molecule has 0 fully saturated rings. The first-order chi connectivity index (χ1) is 25.9. The summed E-state index contributed by atoms with van der Waals surface area (Å²) < 4.78 is 16.7. The highest BCUT2D eigenvalue weighted by Gasteiger charge is 2.19. The lowest BCUT2D eigenvalue weighted by atomic mass is 10.0. The van der Waals surface area contributed by atoms with Crippen molar-refractivity contribution in [3.8, 4) is 0 Å². The maximum absolute atomic E-state index is 12.7. The first-order valence-electron chi connectivity index (χ1n) is 23.4. The van der Waals surface area contributed by atoms with Crippen LogP contribution in [-0.4, -0.2) is 37.2 Å². The molecule has 0 aromatic carbocycles. The van der Waals surface area contributed by atoms with Gasteiger partial charge >= 0.3 is 17.9 Å². The average molecular weight is 751 g/mol. The van der Waals surface area contributed by atoms with Gasteiger partial charge in [0.15, 0.2) is 6.10 Å². The lowest BCUT2D eigenvalue weighted by molar-refractivity contribution is -0.167. The van der Waals surface area contributed by atoms with Crippen molar-refractivity contribution < 1.29 is 28.6 Å². The van der Waals surface area contributed by atoms with E-state index in [1.54, 1.807) is 0 Å². The first kappa shape index (κ1) is 51.4. The zero-order valence-electron chi connectivity index (χ0n) is 36.0. The lowest BCUT2D eigenvalue weighted by Crippen LogP contribution is -2.30. The van der Waals surface area contributed by atoms with E-state index in [1.165, 1.54) is 154 Å². The summed E-state index contributed by atoms with van der Waals surface area (Å²) >= 11 is 0. The molecule has 0 rings (SSSR count). The van der Waals surface area contributed by atoms with Crippen LogP contribution in [0.5, 0.6) is 0 Å². The Balaban J connectivity index is 4.25. The molecule has 314 valence electrons. The van der Waals surface area contributed by atoms with Crippen molar-refractivity contribution >= 4 is 17.9 Å². The zero-order valence-corrected chi connectivity index (χ0v) is 36.0. The van der Waals surface area contributed by atoms with Gasteiger partial charge in [0, 0.05) is 19.3 Å². The van der Waals surface area contributed by atoms with Gasteiger partial charge in [0.25, 0.3) is 0 Å². The molecule has 0 radical (unpaired) electrons. The van der Waals surface area contributed by atoms with E-state index in [2.05, 4.69) is 27.7 Å². The summed E-state index contributed by atoms with van der Waals surface area (Å²) in [6.07, 6.45) is 41.0. The number of carbonyl (C=O) groups excluding carboxylic acids is 3. The molecule has 0 unspecified atom stereocenters. The number of unbranched alkanes of at least 4 members (excludes halogenated alkanes) is 29. The topological polar surface area (TPSA) is 78.9 Å². The quantitative estimate of drug-likeness (QED) is 0.0351. The molecule has 0 saturated carbocycles. The molecule has 0 aromatic rings. The Kier molecular flexibility index (Phi) is 40.3. The second-order valence-electron chi connectivity index (χ2n) is 16.5. The van der Waals surface area contributed by atoms with Gasteiger partial charge in [0.05, 0.1) is 0 Å². The van der Waals surface area contributed by atoms with Crippen LogP contribution >= 0.6 is 0 Å². The number of rotatable bonds is 42. The molecular formula is C47H90O6. The van der Waals surface area contributed by atoms with Crippen LogP contribution in [0.4, 0.5) is 0 Å². The van der Waals surface area contributed by atoms with Crippen LogP contribution in [0.3, 0.4) is 0 Å². The standard InChI is InChI=1S/C47H90O6/c1-5-7-9-11-13-15-17-18-19-20-21-22-24-26-31-35-39-46(49)52-42-44(53-47(50)40-36-32-28-27-29-33-37-43(3)4)41-51-45(48)38-34-30-25-23-16-14-12-10-8-6-2/h43-44H,5-42H2,1-4H3/t44-/m1/s1. The highest BCUT2D eigenvalue weighted by molar-refractivity contribution is 5.71. The lowest BCUT2D eigenvalue weighted by Gasteiger charge is -2.18. The van der Waals surface area contributed by atoms with Crippen LogP contribution < -0.4 is 0 Å². The molecule has 0 heterocycles. The SMILES string of the molecule is CCCCCCCCCCCCCCCCCCC(=O)OC[C@@H](COC(=O)CCCCCCCCCCCC)OC(=O)CCCCCCCCC(C)C. The minimum atomic E-state index is -0.759. The van der Waals surface area contributed by atoms with E-state index >= 15 is 0 Å². The van der Waals surface area contributed by atoms with Gasteiger partial charge in [-0.15, -0.1) is 0 Å². The smallest absolute Gasteiger partial charge is 0.306 e. The molecule has 1 atom stereocenters. The summed E-state index contributed by atoms with van der Waals surface area (Å²) in [4.78, 5) is 37.6. The maximum Gasteiger partial charge on any atom is 0.306 e. The van der Waals surface area contributed by atoms with Crippen molar-refractivity contribution in [3.63, 3.8) is 0 Å². The summed E-state index contributed by atoms with van der Waals surface area (Å²) in [7, 11) is 0. The van der Waals surface area contributed by atoms with Gasteiger partial charge in [0.2, 0.25) is 0 Å². The highest BCUT2D eigenvalue weighted by atomic mass is 16.6. The van der Waals surface area contributed by atoms with Gasteiger partial charge in [-0.05, 0) is 25.2 Å². The molecule has 6 nitrogen and oxygen atoms in total. The Morgan fingerprint density at radius 2 is 0.623 bits per heavy atom. The van der Waals surface area contributed by atoms with Crippen LogP contribution in [-0.2, 0) is 28.6 Å². The third kappa shape index (κ3) is 41.4. The van der Waals surface area contributed by atoms with Crippen molar-refractivity contribution in [1.82, 2.24) is 0 Å². The van der Waals surface area contributed by atoms with Crippen molar-refractivity contribution in [1.29, 1.82) is 0 Å². The predicted molar refractivity (Wildman–Crippen MR) is 224 cm³/mol. The maximum atomic E-state index is 12.7. The largest absolute Gasteiger partial charge is 0.462 e. The zero-order chi connectivity index (χ0) is 38.9. The molecule has 0 spiro atoms. The molecule has 0 bridgehead atoms. The Labute approximate surface area is 329 Å². The van der Waals surface area contributed by atoms with Gasteiger partial charge in [-0.25, -0.2) is 0 Å². The van der Waals surface area contributed by atoms with Gasteiger partial charge in [-0.1, -0.05) is 220 Å². The summed E-state index contributed by atoms with van der Waals surface area (Å²) in [6.45, 7) is 8.92. The minimum Gasteiger partial charge on any atom is -0.462 e. The Hall–Kier alpha value is -1.59. The molecule has 0 saturated heterocycles. The van der Waals surface area contributed by atoms with Crippen LogP contribution in [0.2, 0.25) is 0 Å². The van der Waals surface area contributed by atoms with E-state index < -0.39 is 6.10 Å². The number of esters is 3. The van der Waals surface area contributed by atoms with Crippen molar-refractivity contribution in [2.75, 3.05) is 13.2 Å². The van der Waals surface area contributed by atoms with E-state index in [-0.39, 0.29) is 31.1 Å². The molecule has 0 aliphatic carbocycles. The Morgan fingerprint density at radius 1 is 0.358 bits per heavy atom. The Morgan fingerprint density at radius 3 is 0.925 bits per heavy atom. The highest BCUT2D eigenvalue weighted by Crippen LogP contribution is 2.16.